The molecule has 1 aliphatic heterocycles. The van der Waals surface area contributed by atoms with Crippen molar-refractivity contribution in [1.82, 2.24) is 0 Å². The van der Waals surface area contributed by atoms with E-state index in [1.165, 1.54) is 22.4 Å². The highest BCUT2D eigenvalue weighted by Crippen LogP contribution is 2.50. The fourth-order valence-corrected chi connectivity index (χ4v) is 4.21. The molecule has 4 heteroatoms. The zero-order valence-electron chi connectivity index (χ0n) is 13.8. The first-order valence-corrected chi connectivity index (χ1v) is 8.33. The van der Waals surface area contributed by atoms with Gasteiger partial charge in [0.1, 0.15) is 0 Å². The van der Waals surface area contributed by atoms with Crippen molar-refractivity contribution in [3.05, 3.63) is 80.9 Å². The largest absolute Gasteiger partial charge is 0.377 e. The van der Waals surface area contributed by atoms with Crippen LogP contribution in [0.4, 0.5) is 11.4 Å². The van der Waals surface area contributed by atoms with Crippen molar-refractivity contribution >= 4 is 11.4 Å². The third-order valence-corrected chi connectivity index (χ3v) is 5.27. The minimum absolute atomic E-state index is 0.142. The van der Waals surface area contributed by atoms with Gasteiger partial charge in [-0.25, -0.2) is 0 Å². The highest BCUT2D eigenvalue weighted by atomic mass is 16.6. The number of hydrogen-bond donors (Lipinski definition) is 1. The maximum Gasteiger partial charge on any atom is 0.269 e. The van der Waals surface area contributed by atoms with E-state index < -0.39 is 0 Å². The number of hydrogen-bond acceptors (Lipinski definition) is 3. The SMILES string of the molecule is Cc1cc(C)c2c(c1)[C@@H]1C=CC[C@H]1[C@@H](c1ccc([N+](=O)[O-])cc1)N2. The molecule has 0 aromatic heterocycles. The Morgan fingerprint density at radius 1 is 1.17 bits per heavy atom. The van der Waals surface area contributed by atoms with Gasteiger partial charge in [-0.3, -0.25) is 10.1 Å². The van der Waals surface area contributed by atoms with E-state index in [2.05, 4.69) is 43.4 Å². The molecular weight excluding hydrogens is 300 g/mol. The standard InChI is InChI=1S/C20H20N2O2/c1-12-10-13(2)19-18(11-12)16-4-3-5-17(16)20(21-19)14-6-8-15(9-7-14)22(23)24/h3-4,6-11,16-17,20-21H,5H2,1-2H3/t16-,17-,20-/m1/s1. The predicted octanol–water partition coefficient (Wildman–Crippen LogP) is 5.04. The Bertz CT molecular complexity index is 839. The summed E-state index contributed by atoms with van der Waals surface area (Å²) in [7, 11) is 0. The van der Waals surface area contributed by atoms with E-state index >= 15 is 0 Å². The maximum absolute atomic E-state index is 10.9. The minimum Gasteiger partial charge on any atom is -0.377 e. The van der Waals surface area contributed by atoms with E-state index in [0.29, 0.717) is 11.8 Å². The molecule has 4 rings (SSSR count). The highest BCUT2D eigenvalue weighted by molar-refractivity contribution is 5.65. The smallest absolute Gasteiger partial charge is 0.269 e. The Hall–Kier alpha value is -2.62. The summed E-state index contributed by atoms with van der Waals surface area (Å²) < 4.78 is 0. The normalized spacial score (nSPS) is 24.2. The van der Waals surface area contributed by atoms with Crippen molar-refractivity contribution < 1.29 is 4.92 Å². The summed E-state index contributed by atoms with van der Waals surface area (Å²) in [6.07, 6.45) is 5.62. The Morgan fingerprint density at radius 2 is 1.92 bits per heavy atom. The summed E-state index contributed by atoms with van der Waals surface area (Å²) in [5, 5.41) is 14.6. The molecule has 0 fully saturated rings. The average Bonchev–Trinajstić information content (AvgIpc) is 3.04. The number of aryl methyl sites for hydroxylation is 2. The topological polar surface area (TPSA) is 55.2 Å². The quantitative estimate of drug-likeness (QED) is 0.479. The molecule has 2 aromatic rings. The molecule has 1 heterocycles. The fourth-order valence-electron chi connectivity index (χ4n) is 4.21. The molecule has 0 saturated heterocycles. The number of non-ortho nitro benzene ring substituents is 1. The number of anilines is 1. The highest BCUT2D eigenvalue weighted by Gasteiger charge is 2.38. The lowest BCUT2D eigenvalue weighted by molar-refractivity contribution is -0.384. The van der Waals surface area contributed by atoms with E-state index in [4.69, 9.17) is 0 Å². The summed E-state index contributed by atoms with van der Waals surface area (Å²) in [6, 6.07) is 11.7. The molecule has 0 amide bonds. The molecule has 4 nitrogen and oxygen atoms in total. The molecule has 0 radical (unpaired) electrons. The molecule has 0 bridgehead atoms. The molecule has 0 unspecified atom stereocenters. The van der Waals surface area contributed by atoms with Gasteiger partial charge in [-0.05, 0) is 42.9 Å². The number of allylic oxidation sites excluding steroid dienone is 2. The molecule has 0 saturated carbocycles. The van der Waals surface area contributed by atoms with Crippen LogP contribution < -0.4 is 5.32 Å². The van der Waals surface area contributed by atoms with Crippen molar-refractivity contribution in [2.45, 2.75) is 32.2 Å². The number of fused-ring (bicyclic) bond motifs is 3. The second-order valence-electron chi connectivity index (χ2n) is 6.87. The van der Waals surface area contributed by atoms with Gasteiger partial charge in [0.05, 0.1) is 11.0 Å². The van der Waals surface area contributed by atoms with Crippen LogP contribution in [0.1, 0.15) is 40.6 Å². The summed E-state index contributed by atoms with van der Waals surface area (Å²) in [4.78, 5) is 10.5. The first kappa shape index (κ1) is 14.9. The molecule has 2 aliphatic rings. The summed E-state index contributed by atoms with van der Waals surface area (Å²) >= 11 is 0. The average molecular weight is 320 g/mol. The van der Waals surface area contributed by atoms with Crippen LogP contribution in [-0.4, -0.2) is 4.92 Å². The first-order chi connectivity index (χ1) is 11.5. The van der Waals surface area contributed by atoms with E-state index in [-0.39, 0.29) is 16.7 Å². The molecule has 122 valence electrons. The van der Waals surface area contributed by atoms with Gasteiger partial charge in [0, 0.05) is 23.7 Å². The Labute approximate surface area is 141 Å². The zero-order chi connectivity index (χ0) is 16.8. The van der Waals surface area contributed by atoms with Crippen LogP contribution in [0, 0.1) is 29.9 Å². The third kappa shape index (κ3) is 2.30. The van der Waals surface area contributed by atoms with Crippen LogP contribution >= 0.6 is 0 Å². The van der Waals surface area contributed by atoms with Gasteiger partial charge in [0.25, 0.3) is 5.69 Å². The first-order valence-electron chi connectivity index (χ1n) is 8.33. The number of nitro benzene ring substituents is 1. The summed E-state index contributed by atoms with van der Waals surface area (Å²) in [5.41, 5.74) is 6.41. The van der Waals surface area contributed by atoms with E-state index in [9.17, 15) is 10.1 Å². The van der Waals surface area contributed by atoms with Gasteiger partial charge in [-0.1, -0.05) is 42.0 Å². The second kappa shape index (κ2) is 5.48. The second-order valence-corrected chi connectivity index (χ2v) is 6.87. The molecule has 2 aromatic carbocycles. The number of benzene rings is 2. The van der Waals surface area contributed by atoms with Crippen LogP contribution in [0.3, 0.4) is 0 Å². The van der Waals surface area contributed by atoms with Crippen molar-refractivity contribution in [3.8, 4) is 0 Å². The predicted molar refractivity (Wildman–Crippen MR) is 95.4 cm³/mol. The van der Waals surface area contributed by atoms with E-state index in [0.717, 1.165) is 12.0 Å². The lowest BCUT2D eigenvalue weighted by Crippen LogP contribution is -2.29. The van der Waals surface area contributed by atoms with Crippen LogP contribution in [0.25, 0.3) is 0 Å². The number of nitrogens with one attached hydrogen (secondary N) is 1. The number of nitrogens with zero attached hydrogens (tertiary/aromatic N) is 1. The Kier molecular flexibility index (Phi) is 3.41. The summed E-state index contributed by atoms with van der Waals surface area (Å²) in [6.45, 7) is 4.29. The van der Waals surface area contributed by atoms with Gasteiger partial charge in [-0.15, -0.1) is 0 Å². The van der Waals surface area contributed by atoms with Gasteiger partial charge in [-0.2, -0.15) is 0 Å². The zero-order valence-corrected chi connectivity index (χ0v) is 13.8. The Morgan fingerprint density at radius 3 is 2.62 bits per heavy atom. The van der Waals surface area contributed by atoms with E-state index in [1.54, 1.807) is 12.1 Å². The van der Waals surface area contributed by atoms with Crippen molar-refractivity contribution in [2.24, 2.45) is 5.92 Å². The number of nitro groups is 1. The fraction of sp³-hybridized carbons (Fsp3) is 0.300. The van der Waals surface area contributed by atoms with Gasteiger partial charge in [0.15, 0.2) is 0 Å². The maximum atomic E-state index is 10.9. The molecular formula is C20H20N2O2. The van der Waals surface area contributed by atoms with E-state index in [1.807, 2.05) is 12.1 Å². The van der Waals surface area contributed by atoms with Crippen LogP contribution in [-0.2, 0) is 0 Å². The number of rotatable bonds is 2. The van der Waals surface area contributed by atoms with Crippen molar-refractivity contribution in [1.29, 1.82) is 0 Å². The van der Waals surface area contributed by atoms with Crippen molar-refractivity contribution in [3.63, 3.8) is 0 Å². The van der Waals surface area contributed by atoms with Crippen LogP contribution in [0.2, 0.25) is 0 Å². The van der Waals surface area contributed by atoms with Gasteiger partial charge >= 0.3 is 0 Å². The molecule has 0 spiro atoms. The monoisotopic (exact) mass is 320 g/mol. The minimum atomic E-state index is -0.347. The molecule has 1 N–H and O–H groups in total. The van der Waals surface area contributed by atoms with Crippen LogP contribution in [0.5, 0.6) is 0 Å². The Balaban J connectivity index is 1.76. The molecule has 24 heavy (non-hydrogen) atoms. The van der Waals surface area contributed by atoms with Gasteiger partial charge < -0.3 is 5.32 Å². The third-order valence-electron chi connectivity index (χ3n) is 5.27. The van der Waals surface area contributed by atoms with Crippen molar-refractivity contribution in [2.75, 3.05) is 5.32 Å². The summed E-state index contributed by atoms with van der Waals surface area (Å²) in [5.74, 6) is 0.875. The molecule has 1 aliphatic carbocycles. The molecule has 3 atom stereocenters. The lowest BCUT2D eigenvalue weighted by atomic mass is 9.76. The lowest BCUT2D eigenvalue weighted by Gasteiger charge is -2.38. The van der Waals surface area contributed by atoms with Crippen LogP contribution in [0.15, 0.2) is 48.6 Å². The van der Waals surface area contributed by atoms with Gasteiger partial charge in [0.2, 0.25) is 0 Å².